The van der Waals surface area contributed by atoms with Crippen molar-refractivity contribution in [1.29, 1.82) is 0 Å². The van der Waals surface area contributed by atoms with E-state index >= 15 is 0 Å². The molecule has 3 nitrogen and oxygen atoms in total. The Morgan fingerprint density at radius 2 is 1.84 bits per heavy atom. The monoisotopic (exact) mass is 264 g/mol. The van der Waals surface area contributed by atoms with Crippen LogP contribution < -0.4 is 0 Å². The van der Waals surface area contributed by atoms with Crippen LogP contribution in [0.25, 0.3) is 0 Å². The van der Waals surface area contributed by atoms with Crippen LogP contribution in [0.15, 0.2) is 12.2 Å². The van der Waals surface area contributed by atoms with Gasteiger partial charge in [-0.3, -0.25) is 9.59 Å². The molecule has 0 spiro atoms. The van der Waals surface area contributed by atoms with Gasteiger partial charge in [-0.2, -0.15) is 0 Å². The van der Waals surface area contributed by atoms with Crippen LogP contribution in [0.3, 0.4) is 0 Å². The van der Waals surface area contributed by atoms with Crippen molar-refractivity contribution < 1.29 is 14.3 Å². The maximum absolute atomic E-state index is 11.7. The second-order valence-electron chi connectivity index (χ2n) is 5.76. The fourth-order valence-electron chi connectivity index (χ4n) is 3.23. The Kier molecular flexibility index (Phi) is 5.17. The maximum atomic E-state index is 11.7. The molecule has 1 heterocycles. The van der Waals surface area contributed by atoms with E-state index in [0.717, 1.165) is 12.8 Å². The molecule has 106 valence electrons. The first-order valence-corrected chi connectivity index (χ1v) is 7.66. The summed E-state index contributed by atoms with van der Waals surface area (Å²) in [4.78, 5) is 23.3. The second-order valence-corrected chi connectivity index (χ2v) is 5.76. The Morgan fingerprint density at radius 1 is 1.11 bits per heavy atom. The molecule has 2 aliphatic rings. The molecule has 1 aliphatic heterocycles. The summed E-state index contributed by atoms with van der Waals surface area (Å²) in [5.74, 6) is -0.803. The molecular weight excluding hydrogens is 240 g/mol. The highest BCUT2D eigenvalue weighted by atomic mass is 16.6. The topological polar surface area (TPSA) is 43.4 Å². The standard InChI is InChI=1S/C16H24O3/c1-2-3-4-5-6-7-9-12-10-8-11-13-14(12)16(18)19-15(13)17/h8,10,12-14H,2-7,9,11H2,1H3. The predicted molar refractivity (Wildman–Crippen MR) is 73.3 cm³/mol. The van der Waals surface area contributed by atoms with Gasteiger partial charge in [-0.1, -0.05) is 57.6 Å². The van der Waals surface area contributed by atoms with E-state index < -0.39 is 0 Å². The zero-order chi connectivity index (χ0) is 13.7. The van der Waals surface area contributed by atoms with Crippen molar-refractivity contribution in [2.45, 2.75) is 58.3 Å². The molecule has 0 aromatic rings. The molecule has 0 radical (unpaired) electrons. The van der Waals surface area contributed by atoms with Gasteiger partial charge in [0.25, 0.3) is 0 Å². The third-order valence-electron chi connectivity index (χ3n) is 4.34. The first kappa shape index (κ1) is 14.3. The molecule has 2 rings (SSSR count). The van der Waals surface area contributed by atoms with Gasteiger partial charge in [-0.05, 0) is 18.8 Å². The largest absolute Gasteiger partial charge is 0.393 e. The molecule has 0 aromatic heterocycles. The minimum atomic E-state index is -0.313. The van der Waals surface area contributed by atoms with Crippen LogP contribution >= 0.6 is 0 Å². The highest BCUT2D eigenvalue weighted by Gasteiger charge is 2.48. The van der Waals surface area contributed by atoms with Gasteiger partial charge in [0.15, 0.2) is 0 Å². The first-order chi connectivity index (χ1) is 9.24. The SMILES string of the molecule is CCCCCCCCC1C=CCC2C(=O)OC(=O)C12. The van der Waals surface area contributed by atoms with Crippen molar-refractivity contribution in [2.24, 2.45) is 17.8 Å². The van der Waals surface area contributed by atoms with Crippen LogP contribution in [0.1, 0.15) is 58.3 Å². The molecule has 0 amide bonds. The average Bonchev–Trinajstić information content (AvgIpc) is 2.70. The van der Waals surface area contributed by atoms with E-state index in [2.05, 4.69) is 13.0 Å². The van der Waals surface area contributed by atoms with Crippen LogP contribution in [0.5, 0.6) is 0 Å². The lowest BCUT2D eigenvalue weighted by Crippen LogP contribution is -2.27. The molecule has 0 aromatic carbocycles. The lowest BCUT2D eigenvalue weighted by molar-refractivity contribution is -0.154. The van der Waals surface area contributed by atoms with Crippen LogP contribution in [0.4, 0.5) is 0 Å². The molecule has 19 heavy (non-hydrogen) atoms. The molecule has 0 N–H and O–H groups in total. The fraction of sp³-hybridized carbons (Fsp3) is 0.750. The fourth-order valence-corrected chi connectivity index (χ4v) is 3.23. The molecule has 3 unspecified atom stereocenters. The zero-order valence-electron chi connectivity index (χ0n) is 11.8. The number of rotatable bonds is 7. The summed E-state index contributed by atoms with van der Waals surface area (Å²) in [7, 11) is 0. The third kappa shape index (κ3) is 3.46. The van der Waals surface area contributed by atoms with E-state index in [1.54, 1.807) is 0 Å². The minimum absolute atomic E-state index is 0.201. The van der Waals surface area contributed by atoms with Gasteiger partial charge in [0.2, 0.25) is 0 Å². The third-order valence-corrected chi connectivity index (χ3v) is 4.34. The molecule has 1 saturated heterocycles. The number of carbonyl (C=O) groups is 2. The zero-order valence-corrected chi connectivity index (χ0v) is 11.8. The maximum Gasteiger partial charge on any atom is 0.318 e. The number of carbonyl (C=O) groups excluding carboxylic acids is 2. The van der Waals surface area contributed by atoms with Crippen LogP contribution in [0, 0.1) is 17.8 Å². The molecular formula is C16H24O3. The van der Waals surface area contributed by atoms with E-state index in [1.807, 2.05) is 6.08 Å². The number of fused-ring (bicyclic) bond motifs is 1. The van der Waals surface area contributed by atoms with E-state index in [1.165, 1.54) is 32.1 Å². The van der Waals surface area contributed by atoms with E-state index in [0.29, 0.717) is 6.42 Å². The van der Waals surface area contributed by atoms with E-state index in [-0.39, 0.29) is 29.7 Å². The van der Waals surface area contributed by atoms with Crippen LogP contribution in [-0.4, -0.2) is 11.9 Å². The Hall–Kier alpha value is -1.12. The van der Waals surface area contributed by atoms with Gasteiger partial charge < -0.3 is 4.74 Å². The smallest absolute Gasteiger partial charge is 0.318 e. The van der Waals surface area contributed by atoms with Crippen molar-refractivity contribution >= 4 is 11.9 Å². The quantitative estimate of drug-likeness (QED) is 0.305. The molecule has 1 aliphatic carbocycles. The number of esters is 2. The van der Waals surface area contributed by atoms with E-state index in [9.17, 15) is 9.59 Å². The van der Waals surface area contributed by atoms with Crippen molar-refractivity contribution in [1.82, 2.24) is 0 Å². The summed E-state index contributed by atoms with van der Waals surface area (Å²) in [6, 6.07) is 0. The lowest BCUT2D eigenvalue weighted by atomic mass is 9.75. The Labute approximate surface area is 115 Å². The summed E-state index contributed by atoms with van der Waals surface area (Å²) in [5.41, 5.74) is 0. The van der Waals surface area contributed by atoms with E-state index in [4.69, 9.17) is 4.74 Å². The van der Waals surface area contributed by atoms with Gasteiger partial charge in [-0.15, -0.1) is 0 Å². The number of hydrogen-bond donors (Lipinski definition) is 0. The highest BCUT2D eigenvalue weighted by Crippen LogP contribution is 2.39. The molecule has 3 heteroatoms. The molecule has 3 atom stereocenters. The summed E-state index contributed by atoms with van der Waals surface area (Å²) < 4.78 is 4.78. The summed E-state index contributed by atoms with van der Waals surface area (Å²) in [6.45, 7) is 2.22. The number of ether oxygens (including phenoxy) is 1. The molecule has 0 saturated carbocycles. The Balaban J connectivity index is 1.77. The molecule has 0 bridgehead atoms. The van der Waals surface area contributed by atoms with Crippen molar-refractivity contribution in [3.63, 3.8) is 0 Å². The lowest BCUT2D eigenvalue weighted by Gasteiger charge is -2.24. The van der Waals surface area contributed by atoms with Crippen molar-refractivity contribution in [3.8, 4) is 0 Å². The van der Waals surface area contributed by atoms with Gasteiger partial charge in [0.05, 0.1) is 11.8 Å². The Morgan fingerprint density at radius 3 is 2.63 bits per heavy atom. The first-order valence-electron chi connectivity index (χ1n) is 7.66. The number of unbranched alkanes of at least 4 members (excludes halogenated alkanes) is 5. The van der Waals surface area contributed by atoms with Gasteiger partial charge in [0.1, 0.15) is 0 Å². The Bertz CT molecular complexity index is 359. The van der Waals surface area contributed by atoms with Crippen molar-refractivity contribution in [3.05, 3.63) is 12.2 Å². The van der Waals surface area contributed by atoms with Crippen LogP contribution in [0.2, 0.25) is 0 Å². The second kappa shape index (κ2) is 6.88. The number of cyclic esters (lactones) is 2. The summed E-state index contributed by atoms with van der Waals surface area (Å²) in [6.07, 6.45) is 13.4. The summed E-state index contributed by atoms with van der Waals surface area (Å²) in [5, 5.41) is 0. The normalized spacial score (nSPS) is 29.4. The van der Waals surface area contributed by atoms with Crippen LogP contribution in [-0.2, 0) is 14.3 Å². The number of allylic oxidation sites excluding steroid dienone is 2. The average molecular weight is 264 g/mol. The van der Waals surface area contributed by atoms with Crippen molar-refractivity contribution in [2.75, 3.05) is 0 Å². The number of hydrogen-bond acceptors (Lipinski definition) is 3. The molecule has 1 fully saturated rings. The predicted octanol–water partition coefficient (Wildman–Crippen LogP) is 3.63. The minimum Gasteiger partial charge on any atom is -0.393 e. The van der Waals surface area contributed by atoms with Gasteiger partial charge >= 0.3 is 11.9 Å². The van der Waals surface area contributed by atoms with Gasteiger partial charge in [0, 0.05) is 0 Å². The summed E-state index contributed by atoms with van der Waals surface area (Å²) >= 11 is 0. The highest BCUT2D eigenvalue weighted by molar-refractivity contribution is 5.97. The van der Waals surface area contributed by atoms with Gasteiger partial charge in [-0.25, -0.2) is 0 Å².